The number of aromatic nitrogens is 2. The highest BCUT2D eigenvalue weighted by atomic mass is 79.9. The van der Waals surface area contributed by atoms with E-state index in [-0.39, 0.29) is 5.56 Å². The topological polar surface area (TPSA) is 37.6 Å². The molecular weight excluding hydrogens is 354 g/mol. The quantitative estimate of drug-likeness (QED) is 0.694. The van der Waals surface area contributed by atoms with Gasteiger partial charge in [-0.3, -0.25) is 9.20 Å². The fraction of sp³-hybridized carbons (Fsp3) is 0.222. The third-order valence-corrected chi connectivity index (χ3v) is 4.83. The molecule has 1 aromatic carbocycles. The maximum Gasteiger partial charge on any atom is 0.258 e. The summed E-state index contributed by atoms with van der Waals surface area (Å²) in [5, 5.41) is 0. The van der Waals surface area contributed by atoms with Crippen molar-refractivity contribution in [1.82, 2.24) is 9.38 Å². The van der Waals surface area contributed by atoms with Crippen molar-refractivity contribution in [1.29, 1.82) is 0 Å². The van der Waals surface area contributed by atoms with Gasteiger partial charge in [0, 0.05) is 28.5 Å². The number of hydrogen-bond donors (Lipinski definition) is 0. The molecular formula is C18H16BrN3O. The minimum atomic E-state index is -0.0496. The summed E-state index contributed by atoms with van der Waals surface area (Å²) in [5.74, 6) is 0. The molecule has 0 aliphatic carbocycles. The fourth-order valence-electron chi connectivity index (χ4n) is 3.25. The number of nitrogens with zero attached hydrogens (tertiary/aromatic N) is 3. The average Bonchev–Trinajstić information content (AvgIpc) is 2.84. The van der Waals surface area contributed by atoms with Gasteiger partial charge in [0.2, 0.25) is 0 Å². The molecule has 4 nitrogen and oxygen atoms in total. The second-order valence-electron chi connectivity index (χ2n) is 5.97. The molecule has 0 radical (unpaired) electrons. The van der Waals surface area contributed by atoms with E-state index in [0.717, 1.165) is 16.6 Å². The Labute approximate surface area is 142 Å². The van der Waals surface area contributed by atoms with E-state index in [1.165, 1.54) is 11.3 Å². The number of rotatable bonds is 2. The van der Waals surface area contributed by atoms with E-state index in [9.17, 15) is 4.79 Å². The monoisotopic (exact) mass is 369 g/mol. The zero-order chi connectivity index (χ0) is 16.0. The first kappa shape index (κ1) is 14.5. The predicted molar refractivity (Wildman–Crippen MR) is 95.0 cm³/mol. The third-order valence-electron chi connectivity index (χ3n) is 4.36. The van der Waals surface area contributed by atoms with E-state index in [1.54, 1.807) is 16.7 Å². The van der Waals surface area contributed by atoms with Crippen LogP contribution in [0, 0.1) is 0 Å². The molecule has 0 unspecified atom stereocenters. The van der Waals surface area contributed by atoms with Crippen LogP contribution in [0.3, 0.4) is 0 Å². The molecule has 3 aromatic rings. The Balaban J connectivity index is 1.74. The van der Waals surface area contributed by atoms with Gasteiger partial charge in [0.25, 0.3) is 5.56 Å². The van der Waals surface area contributed by atoms with Crippen LogP contribution in [0.15, 0.2) is 57.9 Å². The molecule has 0 amide bonds. The largest absolute Gasteiger partial charge is 0.362 e. The summed E-state index contributed by atoms with van der Waals surface area (Å²) in [5.41, 5.74) is 4.04. The highest BCUT2D eigenvalue weighted by Gasteiger charge is 2.25. The molecule has 0 saturated carbocycles. The highest BCUT2D eigenvalue weighted by molar-refractivity contribution is 9.10. The molecule has 23 heavy (non-hydrogen) atoms. The normalized spacial score (nSPS) is 16.8. The average molecular weight is 370 g/mol. The minimum Gasteiger partial charge on any atom is -0.362 e. The van der Waals surface area contributed by atoms with Gasteiger partial charge in [0.05, 0.1) is 12.2 Å². The lowest BCUT2D eigenvalue weighted by atomic mass is 10.1. The summed E-state index contributed by atoms with van der Waals surface area (Å²) >= 11 is 3.39. The molecule has 2 aromatic heterocycles. The summed E-state index contributed by atoms with van der Waals surface area (Å²) in [6.07, 6.45) is 2.79. The summed E-state index contributed by atoms with van der Waals surface area (Å²) in [6, 6.07) is 14.3. The van der Waals surface area contributed by atoms with Crippen LogP contribution in [0.4, 0.5) is 5.69 Å². The van der Waals surface area contributed by atoms with Gasteiger partial charge >= 0.3 is 0 Å². The Morgan fingerprint density at radius 3 is 2.96 bits per heavy atom. The van der Waals surface area contributed by atoms with Crippen molar-refractivity contribution in [2.45, 2.75) is 25.9 Å². The molecule has 3 heterocycles. The van der Waals surface area contributed by atoms with Crippen LogP contribution >= 0.6 is 15.9 Å². The molecule has 0 N–H and O–H groups in total. The SMILES string of the molecule is C[C@H]1Cc2ccccc2N1Cc1cc(=O)n2cc(Br)ccc2n1. The zero-order valence-electron chi connectivity index (χ0n) is 12.7. The van der Waals surface area contributed by atoms with E-state index in [0.29, 0.717) is 18.2 Å². The Morgan fingerprint density at radius 2 is 2.09 bits per heavy atom. The van der Waals surface area contributed by atoms with Crippen molar-refractivity contribution in [3.63, 3.8) is 0 Å². The summed E-state index contributed by atoms with van der Waals surface area (Å²) in [7, 11) is 0. The number of para-hydroxylation sites is 1. The second kappa shape index (κ2) is 5.49. The van der Waals surface area contributed by atoms with Crippen molar-refractivity contribution in [2.24, 2.45) is 0 Å². The maximum absolute atomic E-state index is 12.3. The number of pyridine rings is 1. The van der Waals surface area contributed by atoms with Crippen molar-refractivity contribution < 1.29 is 0 Å². The lowest BCUT2D eigenvalue weighted by molar-refractivity contribution is 0.664. The summed E-state index contributed by atoms with van der Waals surface area (Å²) in [4.78, 5) is 19.3. The molecule has 4 rings (SSSR count). The van der Waals surface area contributed by atoms with Crippen LogP contribution in [0.25, 0.3) is 5.65 Å². The van der Waals surface area contributed by atoms with Crippen LogP contribution in [0.2, 0.25) is 0 Å². The van der Waals surface area contributed by atoms with E-state index in [2.05, 4.69) is 57.0 Å². The molecule has 1 aliphatic rings. The Kier molecular flexibility index (Phi) is 3.45. The first-order valence-electron chi connectivity index (χ1n) is 7.64. The molecule has 0 fully saturated rings. The van der Waals surface area contributed by atoms with Gasteiger partial charge in [-0.15, -0.1) is 0 Å². The number of halogens is 1. The van der Waals surface area contributed by atoms with Gasteiger partial charge in [-0.1, -0.05) is 18.2 Å². The van der Waals surface area contributed by atoms with Crippen molar-refractivity contribution in [2.75, 3.05) is 4.90 Å². The van der Waals surface area contributed by atoms with Crippen LogP contribution in [-0.2, 0) is 13.0 Å². The summed E-state index contributed by atoms with van der Waals surface area (Å²) in [6.45, 7) is 2.87. The van der Waals surface area contributed by atoms with Gasteiger partial charge in [0.15, 0.2) is 0 Å². The van der Waals surface area contributed by atoms with Crippen molar-refractivity contribution >= 4 is 27.3 Å². The van der Waals surface area contributed by atoms with Gasteiger partial charge < -0.3 is 4.90 Å². The number of benzene rings is 1. The maximum atomic E-state index is 12.3. The Morgan fingerprint density at radius 1 is 1.26 bits per heavy atom. The van der Waals surface area contributed by atoms with Gasteiger partial charge in [-0.25, -0.2) is 4.98 Å². The molecule has 0 saturated heterocycles. The van der Waals surface area contributed by atoms with Crippen LogP contribution in [0.5, 0.6) is 0 Å². The first-order chi connectivity index (χ1) is 11.1. The van der Waals surface area contributed by atoms with Crippen LogP contribution in [-0.4, -0.2) is 15.4 Å². The van der Waals surface area contributed by atoms with Gasteiger partial charge in [-0.2, -0.15) is 0 Å². The van der Waals surface area contributed by atoms with Crippen LogP contribution in [0.1, 0.15) is 18.2 Å². The molecule has 0 bridgehead atoms. The Bertz CT molecular complexity index is 950. The van der Waals surface area contributed by atoms with Crippen molar-refractivity contribution in [3.8, 4) is 0 Å². The second-order valence-corrected chi connectivity index (χ2v) is 6.89. The van der Waals surface area contributed by atoms with Crippen LogP contribution < -0.4 is 10.5 Å². The van der Waals surface area contributed by atoms with E-state index < -0.39 is 0 Å². The number of hydrogen-bond acceptors (Lipinski definition) is 3. The molecule has 1 aliphatic heterocycles. The molecule has 5 heteroatoms. The number of fused-ring (bicyclic) bond motifs is 2. The summed E-state index contributed by atoms with van der Waals surface area (Å²) < 4.78 is 2.43. The standard InChI is InChI=1S/C18H16BrN3O/c1-12-8-13-4-2-3-5-16(13)21(12)11-15-9-18(23)22-10-14(19)6-7-17(22)20-15/h2-7,9-10,12H,8,11H2,1H3/t12-/m0/s1. The number of anilines is 1. The van der Waals surface area contributed by atoms with Crippen molar-refractivity contribution in [3.05, 3.63) is 74.7 Å². The minimum absolute atomic E-state index is 0.0496. The molecule has 0 spiro atoms. The van der Waals surface area contributed by atoms with E-state index >= 15 is 0 Å². The lowest BCUT2D eigenvalue weighted by Gasteiger charge is -2.24. The highest BCUT2D eigenvalue weighted by Crippen LogP contribution is 2.32. The fourth-order valence-corrected chi connectivity index (χ4v) is 3.59. The van der Waals surface area contributed by atoms with E-state index in [4.69, 9.17) is 0 Å². The first-order valence-corrected chi connectivity index (χ1v) is 8.43. The predicted octanol–water partition coefficient (Wildman–Crippen LogP) is 3.41. The van der Waals surface area contributed by atoms with Gasteiger partial charge in [-0.05, 0) is 53.0 Å². The molecule has 1 atom stereocenters. The van der Waals surface area contributed by atoms with E-state index in [1.807, 2.05) is 12.1 Å². The van der Waals surface area contributed by atoms with Gasteiger partial charge in [0.1, 0.15) is 5.65 Å². The lowest BCUT2D eigenvalue weighted by Crippen LogP contribution is -2.30. The third kappa shape index (κ3) is 2.55. The molecule has 116 valence electrons. The Hall–Kier alpha value is -2.14. The zero-order valence-corrected chi connectivity index (χ0v) is 14.3. The smallest absolute Gasteiger partial charge is 0.258 e.